The van der Waals surface area contributed by atoms with E-state index in [0.717, 1.165) is 83.5 Å². The highest BCUT2D eigenvalue weighted by atomic mass is 16.6. The van der Waals surface area contributed by atoms with Crippen molar-refractivity contribution in [2.45, 2.75) is 245 Å². The number of carbonyl (C=O) groups is 3. The van der Waals surface area contributed by atoms with Gasteiger partial charge in [-0.25, -0.2) is 0 Å². The van der Waals surface area contributed by atoms with Crippen LogP contribution in [0, 0.1) is 0 Å². The van der Waals surface area contributed by atoms with Gasteiger partial charge < -0.3 is 14.2 Å². The number of rotatable bonds is 47. The Balaban J connectivity index is 4.47. The zero-order valence-corrected chi connectivity index (χ0v) is 42.2. The van der Waals surface area contributed by atoms with E-state index >= 15 is 0 Å². The number of esters is 3. The highest BCUT2D eigenvalue weighted by Gasteiger charge is 2.19. The SMILES string of the molecule is CC/C=C\C/C=C\C/C=C\C/C=C\CCCCC(=O)OC(COC(=O)CC/C=C\C/C=C\C/C=C\C/C=C\CC)COC(=O)CCCCCCCCCCCCCCCCCCCCC. The summed E-state index contributed by atoms with van der Waals surface area (Å²) in [4.78, 5) is 38.0. The summed E-state index contributed by atoms with van der Waals surface area (Å²) in [6, 6.07) is 0. The van der Waals surface area contributed by atoms with Crippen LogP contribution in [-0.2, 0) is 28.6 Å². The van der Waals surface area contributed by atoms with Crippen LogP contribution < -0.4 is 0 Å². The topological polar surface area (TPSA) is 78.9 Å². The van der Waals surface area contributed by atoms with Gasteiger partial charge in [0.15, 0.2) is 6.10 Å². The van der Waals surface area contributed by atoms with E-state index in [9.17, 15) is 14.4 Å². The molecule has 370 valence electrons. The number of hydrogen-bond donors (Lipinski definition) is 0. The molecule has 0 fully saturated rings. The van der Waals surface area contributed by atoms with Gasteiger partial charge in [-0.2, -0.15) is 0 Å². The van der Waals surface area contributed by atoms with Crippen LogP contribution in [0.1, 0.15) is 239 Å². The minimum atomic E-state index is -0.827. The maximum atomic E-state index is 12.8. The monoisotopic (exact) mass is 903 g/mol. The number of carbonyl (C=O) groups excluding carboxylic acids is 3. The molecule has 0 radical (unpaired) electrons. The molecule has 0 aliphatic carbocycles. The molecule has 0 aromatic heterocycles. The van der Waals surface area contributed by atoms with Gasteiger partial charge in [-0.05, 0) is 83.5 Å². The summed E-state index contributed by atoms with van der Waals surface area (Å²) >= 11 is 0. The summed E-state index contributed by atoms with van der Waals surface area (Å²) in [5.74, 6) is -1.04. The molecule has 0 N–H and O–H groups in total. The standard InChI is InChI=1S/C59H98O6/c1-4-7-10-13-16-19-22-25-27-28-29-30-32-34-37-40-43-46-49-52-58(61)64-55-56(54-63-57(60)51-48-45-42-39-36-33-24-21-18-15-12-9-6-3)65-59(62)53-50-47-44-41-38-35-31-26-23-20-17-14-11-8-5-2/h8-9,11-12,17-18,20-21,26,31,33,36,38,41-42,45,56H,4-7,10,13-16,19,22-25,27-30,32,34-35,37,39-40,43-44,46-55H2,1-3H3/b11-8-,12-9-,20-17-,21-18-,31-26-,36-33-,41-38-,45-42-. The molecule has 0 aliphatic rings. The molecule has 6 heteroatoms. The van der Waals surface area contributed by atoms with Crippen LogP contribution in [0.4, 0.5) is 0 Å². The van der Waals surface area contributed by atoms with Crippen molar-refractivity contribution in [3.8, 4) is 0 Å². The molecule has 0 aromatic rings. The van der Waals surface area contributed by atoms with Crippen LogP contribution in [0.25, 0.3) is 0 Å². The van der Waals surface area contributed by atoms with Gasteiger partial charge in [-0.15, -0.1) is 0 Å². The van der Waals surface area contributed by atoms with Gasteiger partial charge in [0, 0.05) is 19.3 Å². The third-order valence-electron chi connectivity index (χ3n) is 11.1. The van der Waals surface area contributed by atoms with Gasteiger partial charge >= 0.3 is 17.9 Å². The van der Waals surface area contributed by atoms with E-state index < -0.39 is 6.10 Å². The smallest absolute Gasteiger partial charge is 0.306 e. The summed E-state index contributed by atoms with van der Waals surface area (Å²) in [7, 11) is 0. The second kappa shape index (κ2) is 52.9. The maximum absolute atomic E-state index is 12.8. The van der Waals surface area contributed by atoms with E-state index in [1.807, 2.05) is 12.2 Å². The Morgan fingerprint density at radius 2 is 0.631 bits per heavy atom. The Morgan fingerprint density at radius 1 is 0.323 bits per heavy atom. The number of hydrogen-bond acceptors (Lipinski definition) is 6. The van der Waals surface area contributed by atoms with Crippen LogP contribution in [-0.4, -0.2) is 37.2 Å². The second-order valence-electron chi connectivity index (χ2n) is 17.4. The lowest BCUT2D eigenvalue weighted by Gasteiger charge is -2.18. The molecule has 6 nitrogen and oxygen atoms in total. The average Bonchev–Trinajstić information content (AvgIpc) is 3.30. The lowest BCUT2D eigenvalue weighted by atomic mass is 10.0. The molecule has 1 atom stereocenters. The molecular weight excluding hydrogens is 805 g/mol. The van der Waals surface area contributed by atoms with Crippen LogP contribution in [0.3, 0.4) is 0 Å². The van der Waals surface area contributed by atoms with Crippen molar-refractivity contribution >= 4 is 17.9 Å². The molecule has 1 unspecified atom stereocenters. The van der Waals surface area contributed by atoms with E-state index in [4.69, 9.17) is 14.2 Å². The largest absolute Gasteiger partial charge is 0.462 e. The van der Waals surface area contributed by atoms with E-state index in [1.54, 1.807) is 0 Å². The van der Waals surface area contributed by atoms with Crippen molar-refractivity contribution in [1.82, 2.24) is 0 Å². The molecule has 0 amide bonds. The second-order valence-corrected chi connectivity index (χ2v) is 17.4. The van der Waals surface area contributed by atoms with Crippen molar-refractivity contribution in [3.63, 3.8) is 0 Å². The molecule has 65 heavy (non-hydrogen) atoms. The molecule has 0 spiro atoms. The van der Waals surface area contributed by atoms with Crippen LogP contribution >= 0.6 is 0 Å². The third kappa shape index (κ3) is 51.2. The number of allylic oxidation sites excluding steroid dienone is 16. The highest BCUT2D eigenvalue weighted by Crippen LogP contribution is 2.15. The third-order valence-corrected chi connectivity index (χ3v) is 11.1. The van der Waals surface area contributed by atoms with Crippen molar-refractivity contribution < 1.29 is 28.6 Å². The van der Waals surface area contributed by atoms with Crippen molar-refractivity contribution in [2.75, 3.05) is 13.2 Å². The van der Waals surface area contributed by atoms with Gasteiger partial charge in [0.2, 0.25) is 0 Å². The fourth-order valence-electron chi connectivity index (χ4n) is 7.15. The van der Waals surface area contributed by atoms with Gasteiger partial charge in [-0.1, -0.05) is 234 Å². The maximum Gasteiger partial charge on any atom is 0.306 e. The summed E-state index contributed by atoms with van der Waals surface area (Å²) in [6.07, 6.45) is 69.9. The first-order chi connectivity index (χ1) is 32.0. The molecular formula is C59H98O6. The molecule has 0 aliphatic heterocycles. The minimum Gasteiger partial charge on any atom is -0.462 e. The van der Waals surface area contributed by atoms with E-state index in [2.05, 4.69) is 106 Å². The Morgan fingerprint density at radius 3 is 1.03 bits per heavy atom. The van der Waals surface area contributed by atoms with E-state index in [0.29, 0.717) is 19.3 Å². The van der Waals surface area contributed by atoms with Gasteiger partial charge in [0.25, 0.3) is 0 Å². The summed E-state index contributed by atoms with van der Waals surface area (Å²) in [5.41, 5.74) is 0. The average molecular weight is 903 g/mol. The lowest BCUT2D eigenvalue weighted by molar-refractivity contribution is -0.166. The first kappa shape index (κ1) is 61.3. The number of unbranched alkanes of at least 4 members (excludes halogenated alkanes) is 20. The Kier molecular flexibility index (Phi) is 50.0. The number of ether oxygens (including phenoxy) is 3. The fourth-order valence-corrected chi connectivity index (χ4v) is 7.15. The Hall–Kier alpha value is -3.67. The molecule has 0 saturated heterocycles. The highest BCUT2D eigenvalue weighted by molar-refractivity contribution is 5.71. The Labute approximate surface area is 400 Å². The van der Waals surface area contributed by atoms with E-state index in [-0.39, 0.29) is 44.0 Å². The van der Waals surface area contributed by atoms with Gasteiger partial charge in [0.1, 0.15) is 13.2 Å². The predicted octanol–water partition coefficient (Wildman–Crippen LogP) is 17.8. The Bertz CT molecular complexity index is 1310. The first-order valence-electron chi connectivity index (χ1n) is 26.7. The molecule has 0 heterocycles. The van der Waals surface area contributed by atoms with Crippen molar-refractivity contribution in [1.29, 1.82) is 0 Å². The quantitative estimate of drug-likeness (QED) is 0.0262. The van der Waals surface area contributed by atoms with Gasteiger partial charge in [0.05, 0.1) is 0 Å². The molecule has 0 rings (SSSR count). The summed E-state index contributed by atoms with van der Waals surface area (Å²) < 4.78 is 16.7. The summed E-state index contributed by atoms with van der Waals surface area (Å²) in [6.45, 7) is 6.31. The molecule has 0 aromatic carbocycles. The lowest BCUT2D eigenvalue weighted by Crippen LogP contribution is -2.30. The minimum absolute atomic E-state index is 0.115. The summed E-state index contributed by atoms with van der Waals surface area (Å²) in [5, 5.41) is 0. The van der Waals surface area contributed by atoms with Crippen LogP contribution in [0.5, 0.6) is 0 Å². The van der Waals surface area contributed by atoms with Crippen molar-refractivity contribution in [3.05, 3.63) is 97.2 Å². The molecule has 0 saturated carbocycles. The molecule has 0 bridgehead atoms. The normalized spacial score (nSPS) is 12.8. The van der Waals surface area contributed by atoms with Crippen molar-refractivity contribution in [2.24, 2.45) is 0 Å². The first-order valence-corrected chi connectivity index (χ1v) is 26.7. The van der Waals surface area contributed by atoms with Gasteiger partial charge in [-0.3, -0.25) is 14.4 Å². The van der Waals surface area contributed by atoms with E-state index in [1.165, 1.54) is 103 Å². The predicted molar refractivity (Wildman–Crippen MR) is 279 cm³/mol. The fraction of sp³-hybridized carbons (Fsp3) is 0.678. The van der Waals surface area contributed by atoms with Crippen LogP contribution in [0.2, 0.25) is 0 Å². The zero-order chi connectivity index (χ0) is 47.2. The zero-order valence-electron chi connectivity index (χ0n) is 42.2. The van der Waals surface area contributed by atoms with Crippen LogP contribution in [0.15, 0.2) is 97.2 Å².